The van der Waals surface area contributed by atoms with E-state index < -0.39 is 0 Å². The first-order chi connectivity index (χ1) is 8.06. The zero-order valence-electron chi connectivity index (χ0n) is 10.3. The van der Waals surface area contributed by atoms with Crippen LogP contribution in [0.3, 0.4) is 0 Å². The van der Waals surface area contributed by atoms with E-state index in [0.29, 0.717) is 12.5 Å². The maximum atomic E-state index is 12.0. The van der Waals surface area contributed by atoms with Crippen LogP contribution in [0.4, 0.5) is 10.5 Å². The highest BCUT2D eigenvalue weighted by Gasteiger charge is 2.29. The first-order valence-electron chi connectivity index (χ1n) is 5.94. The number of carbonyl (C=O) groups excluding carboxylic acids is 1. The average Bonchev–Trinajstić information content (AvgIpc) is 2.63. The van der Waals surface area contributed by atoms with Crippen molar-refractivity contribution in [3.63, 3.8) is 0 Å². The molecule has 0 bridgehead atoms. The molecule has 2 unspecified atom stereocenters. The highest BCUT2D eigenvalue weighted by molar-refractivity contribution is 5.89. The Kier molecular flexibility index (Phi) is 3.33. The molecule has 0 aromatic heterocycles. The van der Waals surface area contributed by atoms with Crippen LogP contribution in [0.15, 0.2) is 24.3 Å². The Hall–Kier alpha value is -1.55. The first kappa shape index (κ1) is 11.9. The largest absolute Gasteiger partial charge is 0.326 e. The van der Waals surface area contributed by atoms with Gasteiger partial charge in [-0.2, -0.15) is 0 Å². The highest BCUT2D eigenvalue weighted by atomic mass is 16.2. The fourth-order valence-corrected chi connectivity index (χ4v) is 2.00. The van der Waals surface area contributed by atoms with Gasteiger partial charge in [-0.1, -0.05) is 24.6 Å². The van der Waals surface area contributed by atoms with Gasteiger partial charge in [-0.05, 0) is 25.0 Å². The molecule has 0 radical (unpaired) electrons. The molecule has 0 aliphatic carbocycles. The molecule has 4 heteroatoms. The number of hydrogen-bond donors (Lipinski definition) is 2. The topological polar surface area (TPSA) is 58.4 Å². The number of rotatable bonds is 1. The molecule has 1 fully saturated rings. The molecule has 2 atom stereocenters. The molecular formula is C13H19N3O. The van der Waals surface area contributed by atoms with E-state index in [1.165, 1.54) is 5.56 Å². The smallest absolute Gasteiger partial charge is 0.321 e. The summed E-state index contributed by atoms with van der Waals surface area (Å²) in [6.07, 6.45) is 0. The maximum Gasteiger partial charge on any atom is 0.321 e. The minimum absolute atomic E-state index is 0.0614. The summed E-state index contributed by atoms with van der Waals surface area (Å²) in [5.74, 6) is 0.374. The molecule has 1 aromatic rings. The summed E-state index contributed by atoms with van der Waals surface area (Å²) >= 11 is 0. The third-order valence-corrected chi connectivity index (χ3v) is 3.26. The van der Waals surface area contributed by atoms with Gasteiger partial charge in [-0.15, -0.1) is 0 Å². The predicted molar refractivity (Wildman–Crippen MR) is 68.9 cm³/mol. The van der Waals surface area contributed by atoms with Gasteiger partial charge in [0.15, 0.2) is 0 Å². The van der Waals surface area contributed by atoms with Gasteiger partial charge < -0.3 is 16.0 Å². The zero-order chi connectivity index (χ0) is 12.4. The molecule has 4 nitrogen and oxygen atoms in total. The number of likely N-dealkylation sites (tertiary alicyclic amines) is 1. The molecule has 1 aliphatic heterocycles. The number of nitrogens with zero attached hydrogens (tertiary/aromatic N) is 1. The van der Waals surface area contributed by atoms with E-state index in [1.54, 1.807) is 4.90 Å². The SMILES string of the molecule is Cc1ccc(NC(=O)N2CC(C)C(N)C2)cc1. The van der Waals surface area contributed by atoms with Gasteiger partial charge >= 0.3 is 6.03 Å². The lowest BCUT2D eigenvalue weighted by atomic mass is 10.1. The van der Waals surface area contributed by atoms with E-state index in [0.717, 1.165) is 12.2 Å². The number of anilines is 1. The van der Waals surface area contributed by atoms with Crippen LogP contribution in [0.5, 0.6) is 0 Å². The third-order valence-electron chi connectivity index (χ3n) is 3.26. The van der Waals surface area contributed by atoms with Gasteiger partial charge in [-0.3, -0.25) is 0 Å². The van der Waals surface area contributed by atoms with Crippen molar-refractivity contribution in [2.24, 2.45) is 11.7 Å². The normalized spacial score (nSPS) is 23.8. The van der Waals surface area contributed by atoms with Crippen LogP contribution in [0.2, 0.25) is 0 Å². The van der Waals surface area contributed by atoms with Gasteiger partial charge in [-0.25, -0.2) is 4.79 Å². The van der Waals surface area contributed by atoms with Crippen molar-refractivity contribution in [2.45, 2.75) is 19.9 Å². The van der Waals surface area contributed by atoms with Crippen LogP contribution >= 0.6 is 0 Å². The molecule has 92 valence electrons. The summed E-state index contributed by atoms with van der Waals surface area (Å²) in [6, 6.07) is 7.81. The second kappa shape index (κ2) is 4.75. The third kappa shape index (κ3) is 2.77. The van der Waals surface area contributed by atoms with Crippen LogP contribution in [-0.2, 0) is 0 Å². The van der Waals surface area contributed by atoms with Gasteiger partial charge in [0.25, 0.3) is 0 Å². The summed E-state index contributed by atoms with van der Waals surface area (Å²) in [7, 11) is 0. The van der Waals surface area contributed by atoms with Crippen molar-refractivity contribution in [3.8, 4) is 0 Å². The lowest BCUT2D eigenvalue weighted by molar-refractivity contribution is 0.221. The molecule has 2 rings (SSSR count). The standard InChI is InChI=1S/C13H19N3O/c1-9-3-5-11(6-4-9)15-13(17)16-7-10(2)12(14)8-16/h3-6,10,12H,7-8,14H2,1-2H3,(H,15,17). The van der Waals surface area contributed by atoms with E-state index in [4.69, 9.17) is 5.73 Å². The summed E-state index contributed by atoms with van der Waals surface area (Å²) in [5.41, 5.74) is 7.91. The van der Waals surface area contributed by atoms with Gasteiger partial charge in [0.1, 0.15) is 0 Å². The van der Waals surface area contributed by atoms with Crippen molar-refractivity contribution < 1.29 is 4.79 Å². The number of nitrogens with two attached hydrogens (primary N) is 1. The monoisotopic (exact) mass is 233 g/mol. The molecule has 1 aromatic carbocycles. The van der Waals surface area contributed by atoms with Crippen molar-refractivity contribution in [1.29, 1.82) is 0 Å². The number of hydrogen-bond acceptors (Lipinski definition) is 2. The molecule has 0 saturated carbocycles. The second-order valence-corrected chi connectivity index (χ2v) is 4.84. The number of benzene rings is 1. The number of aryl methyl sites for hydroxylation is 1. The number of urea groups is 1. The molecule has 1 saturated heterocycles. The molecule has 1 heterocycles. The quantitative estimate of drug-likeness (QED) is 0.777. The van der Waals surface area contributed by atoms with Crippen molar-refractivity contribution >= 4 is 11.7 Å². The number of nitrogens with one attached hydrogen (secondary N) is 1. The average molecular weight is 233 g/mol. The van der Waals surface area contributed by atoms with E-state index in [2.05, 4.69) is 12.2 Å². The number of amides is 2. The Morgan fingerprint density at radius 3 is 2.53 bits per heavy atom. The molecule has 3 N–H and O–H groups in total. The molecule has 0 spiro atoms. The Balaban J connectivity index is 1.96. The zero-order valence-corrected chi connectivity index (χ0v) is 10.3. The van der Waals surface area contributed by atoms with Crippen molar-refractivity contribution in [3.05, 3.63) is 29.8 Å². The molecule has 1 aliphatic rings. The summed E-state index contributed by atoms with van der Waals surface area (Å²) in [5, 5.41) is 2.88. The lowest BCUT2D eigenvalue weighted by Gasteiger charge is -2.16. The van der Waals surface area contributed by atoms with Gasteiger partial charge in [0.05, 0.1) is 0 Å². The lowest BCUT2D eigenvalue weighted by Crippen LogP contribution is -2.35. The van der Waals surface area contributed by atoms with E-state index in [1.807, 2.05) is 31.2 Å². The minimum Gasteiger partial charge on any atom is -0.326 e. The van der Waals surface area contributed by atoms with Gasteiger partial charge in [0.2, 0.25) is 0 Å². The van der Waals surface area contributed by atoms with Crippen molar-refractivity contribution in [1.82, 2.24) is 4.90 Å². The highest BCUT2D eigenvalue weighted by Crippen LogP contribution is 2.16. The Morgan fingerprint density at radius 1 is 1.35 bits per heavy atom. The molecule has 2 amide bonds. The van der Waals surface area contributed by atoms with E-state index >= 15 is 0 Å². The first-order valence-corrected chi connectivity index (χ1v) is 5.94. The van der Waals surface area contributed by atoms with Crippen LogP contribution in [0, 0.1) is 12.8 Å². The van der Waals surface area contributed by atoms with E-state index in [9.17, 15) is 4.79 Å². The summed E-state index contributed by atoms with van der Waals surface area (Å²) < 4.78 is 0. The van der Waals surface area contributed by atoms with Crippen LogP contribution in [-0.4, -0.2) is 30.1 Å². The summed E-state index contributed by atoms with van der Waals surface area (Å²) in [4.78, 5) is 13.7. The van der Waals surface area contributed by atoms with Crippen LogP contribution in [0.25, 0.3) is 0 Å². The minimum atomic E-state index is -0.0614. The predicted octanol–water partition coefficient (Wildman–Crippen LogP) is 1.81. The van der Waals surface area contributed by atoms with Crippen LogP contribution in [0.1, 0.15) is 12.5 Å². The fraction of sp³-hybridized carbons (Fsp3) is 0.462. The Bertz CT molecular complexity index is 392. The van der Waals surface area contributed by atoms with Crippen molar-refractivity contribution in [2.75, 3.05) is 18.4 Å². The fourth-order valence-electron chi connectivity index (χ4n) is 2.00. The Labute approximate surface area is 102 Å². The summed E-state index contributed by atoms with van der Waals surface area (Å²) in [6.45, 7) is 5.47. The number of carbonyl (C=O) groups is 1. The maximum absolute atomic E-state index is 12.0. The molecular weight excluding hydrogens is 214 g/mol. The second-order valence-electron chi connectivity index (χ2n) is 4.84. The molecule has 17 heavy (non-hydrogen) atoms. The van der Waals surface area contributed by atoms with Crippen LogP contribution < -0.4 is 11.1 Å². The Morgan fingerprint density at radius 2 is 2.00 bits per heavy atom. The van der Waals surface area contributed by atoms with E-state index in [-0.39, 0.29) is 12.1 Å². The van der Waals surface area contributed by atoms with Gasteiger partial charge in [0, 0.05) is 24.8 Å².